The molecule has 0 aromatic carbocycles. The van der Waals surface area contributed by atoms with Crippen molar-refractivity contribution in [2.75, 3.05) is 13.1 Å². The fraction of sp³-hybridized carbons (Fsp3) is 0.778. The zero-order valence-corrected chi connectivity index (χ0v) is 7.82. The maximum Gasteiger partial charge on any atom is 0.0902 e. The van der Waals surface area contributed by atoms with E-state index in [0.29, 0.717) is 5.92 Å². The van der Waals surface area contributed by atoms with Crippen LogP contribution in [0, 0.1) is 5.92 Å². The van der Waals surface area contributed by atoms with Gasteiger partial charge in [-0.2, -0.15) is 0 Å². The number of aromatic nitrogens is 3. The summed E-state index contributed by atoms with van der Waals surface area (Å²) in [6.07, 6.45) is 2.46. The molecular formula is C9H14N4. The van der Waals surface area contributed by atoms with Gasteiger partial charge in [-0.25, -0.2) is 0 Å². The summed E-state index contributed by atoms with van der Waals surface area (Å²) in [6, 6.07) is 0. The van der Waals surface area contributed by atoms with E-state index in [1.165, 1.54) is 24.4 Å². The van der Waals surface area contributed by atoms with Crippen LogP contribution in [0.25, 0.3) is 0 Å². The molecule has 1 N–H and O–H groups in total. The number of hydrogen-bond acceptors (Lipinski definition) is 3. The van der Waals surface area contributed by atoms with E-state index < -0.39 is 0 Å². The first-order chi connectivity index (χ1) is 6.34. The Morgan fingerprint density at radius 3 is 3.31 bits per heavy atom. The molecule has 1 aromatic heterocycles. The minimum atomic E-state index is 0.621. The second-order valence-electron chi connectivity index (χ2n) is 4.21. The van der Waals surface area contributed by atoms with E-state index in [2.05, 4.69) is 15.6 Å². The maximum absolute atomic E-state index is 4.25. The minimum Gasteiger partial charge on any atom is -0.316 e. The maximum atomic E-state index is 4.25. The highest BCUT2D eigenvalue weighted by atomic mass is 15.4. The summed E-state index contributed by atoms with van der Waals surface area (Å²) in [5.41, 5.74) is 2.61. The van der Waals surface area contributed by atoms with Gasteiger partial charge in [0, 0.05) is 19.5 Å². The molecule has 1 aromatic rings. The first-order valence-corrected chi connectivity index (χ1v) is 4.94. The summed E-state index contributed by atoms with van der Waals surface area (Å²) < 4.78 is 1.94. The highest BCUT2D eigenvalue weighted by molar-refractivity contribution is 5.21. The van der Waals surface area contributed by atoms with Crippen molar-refractivity contribution in [3.63, 3.8) is 0 Å². The molecule has 1 fully saturated rings. The van der Waals surface area contributed by atoms with Gasteiger partial charge in [0.05, 0.1) is 11.4 Å². The van der Waals surface area contributed by atoms with Crippen molar-refractivity contribution in [3.8, 4) is 0 Å². The van der Waals surface area contributed by atoms with E-state index in [-0.39, 0.29) is 0 Å². The Kier molecular flexibility index (Phi) is 1.47. The Hall–Kier alpha value is -0.900. The van der Waals surface area contributed by atoms with E-state index in [0.717, 1.165) is 18.9 Å². The molecule has 2 aliphatic rings. The third kappa shape index (κ3) is 1.01. The Bertz CT molecular complexity index is 330. The van der Waals surface area contributed by atoms with Crippen molar-refractivity contribution in [1.29, 1.82) is 0 Å². The lowest BCUT2D eigenvalue weighted by molar-refractivity contribution is 0.309. The van der Waals surface area contributed by atoms with Crippen LogP contribution in [0.4, 0.5) is 0 Å². The molecule has 2 unspecified atom stereocenters. The zero-order chi connectivity index (χ0) is 8.84. The number of nitrogens with one attached hydrogen (secondary N) is 1. The topological polar surface area (TPSA) is 42.7 Å². The van der Waals surface area contributed by atoms with Crippen molar-refractivity contribution in [1.82, 2.24) is 20.3 Å². The fourth-order valence-corrected chi connectivity index (χ4v) is 2.61. The normalized spacial score (nSPS) is 31.5. The Morgan fingerprint density at radius 2 is 2.38 bits per heavy atom. The second kappa shape index (κ2) is 2.54. The van der Waals surface area contributed by atoms with Gasteiger partial charge in [0.15, 0.2) is 0 Å². The standard InChI is InChI=1S/C9H14N4/c1-13-8-3-6-2-7(5-10-4-6)9(8)11-12-13/h6-7,10H,2-5H2,1H3. The van der Waals surface area contributed by atoms with Gasteiger partial charge in [0.25, 0.3) is 0 Å². The summed E-state index contributed by atoms with van der Waals surface area (Å²) in [6.45, 7) is 2.25. The molecule has 1 aliphatic heterocycles. The van der Waals surface area contributed by atoms with E-state index in [1.54, 1.807) is 0 Å². The van der Waals surface area contributed by atoms with Crippen LogP contribution in [0.3, 0.4) is 0 Å². The number of nitrogens with zero attached hydrogens (tertiary/aromatic N) is 3. The molecule has 1 saturated heterocycles. The summed E-state index contributed by atoms with van der Waals surface area (Å²) >= 11 is 0. The molecule has 2 heterocycles. The monoisotopic (exact) mass is 178 g/mol. The van der Waals surface area contributed by atoms with Crippen LogP contribution in [0.5, 0.6) is 0 Å². The van der Waals surface area contributed by atoms with Gasteiger partial charge in [-0.3, -0.25) is 4.68 Å². The molecule has 2 atom stereocenters. The van der Waals surface area contributed by atoms with Crippen molar-refractivity contribution >= 4 is 0 Å². The highest BCUT2D eigenvalue weighted by Gasteiger charge is 2.33. The molecule has 13 heavy (non-hydrogen) atoms. The predicted molar refractivity (Wildman–Crippen MR) is 48.4 cm³/mol. The molecular weight excluding hydrogens is 164 g/mol. The molecule has 1 aliphatic carbocycles. The molecule has 0 amide bonds. The number of rotatable bonds is 0. The second-order valence-corrected chi connectivity index (χ2v) is 4.21. The molecule has 0 spiro atoms. The third-order valence-electron chi connectivity index (χ3n) is 3.28. The average Bonchev–Trinajstić information content (AvgIpc) is 2.49. The lowest BCUT2D eigenvalue weighted by atomic mass is 9.79. The summed E-state index contributed by atoms with van der Waals surface area (Å²) in [5, 5.41) is 11.8. The van der Waals surface area contributed by atoms with Gasteiger partial charge in [0.2, 0.25) is 0 Å². The lowest BCUT2D eigenvalue weighted by Crippen LogP contribution is -2.39. The average molecular weight is 178 g/mol. The van der Waals surface area contributed by atoms with Crippen LogP contribution in [0.15, 0.2) is 0 Å². The first kappa shape index (κ1) is 7.50. The van der Waals surface area contributed by atoms with Crippen molar-refractivity contribution < 1.29 is 0 Å². The molecule has 4 heteroatoms. The van der Waals surface area contributed by atoms with Crippen LogP contribution in [0.1, 0.15) is 23.7 Å². The van der Waals surface area contributed by atoms with Gasteiger partial charge in [-0.1, -0.05) is 5.21 Å². The van der Waals surface area contributed by atoms with E-state index in [9.17, 15) is 0 Å². The fourth-order valence-electron chi connectivity index (χ4n) is 2.61. The molecule has 2 bridgehead atoms. The quantitative estimate of drug-likeness (QED) is 0.611. The van der Waals surface area contributed by atoms with Gasteiger partial charge in [0.1, 0.15) is 0 Å². The minimum absolute atomic E-state index is 0.621. The molecule has 3 rings (SSSR count). The predicted octanol–water partition coefficient (Wildman–Crippen LogP) is 0.0643. The number of hydrogen-bond donors (Lipinski definition) is 1. The smallest absolute Gasteiger partial charge is 0.0902 e. The van der Waals surface area contributed by atoms with E-state index >= 15 is 0 Å². The molecule has 0 radical (unpaired) electrons. The van der Waals surface area contributed by atoms with E-state index in [4.69, 9.17) is 0 Å². The number of aryl methyl sites for hydroxylation is 1. The van der Waals surface area contributed by atoms with Crippen LogP contribution < -0.4 is 5.32 Å². The zero-order valence-electron chi connectivity index (χ0n) is 7.82. The SMILES string of the molecule is Cn1nnc2c1CC1CNCC2C1. The summed E-state index contributed by atoms with van der Waals surface area (Å²) in [4.78, 5) is 0. The van der Waals surface area contributed by atoms with Crippen molar-refractivity contribution in [2.45, 2.75) is 18.8 Å². The largest absolute Gasteiger partial charge is 0.316 e. The Balaban J connectivity index is 2.07. The molecule has 0 saturated carbocycles. The molecule has 70 valence electrons. The van der Waals surface area contributed by atoms with Crippen LogP contribution in [-0.2, 0) is 13.5 Å². The Morgan fingerprint density at radius 1 is 1.46 bits per heavy atom. The van der Waals surface area contributed by atoms with E-state index in [1.807, 2.05) is 11.7 Å². The van der Waals surface area contributed by atoms with Crippen LogP contribution in [-0.4, -0.2) is 28.1 Å². The van der Waals surface area contributed by atoms with Crippen molar-refractivity contribution in [2.24, 2.45) is 13.0 Å². The van der Waals surface area contributed by atoms with Gasteiger partial charge >= 0.3 is 0 Å². The first-order valence-electron chi connectivity index (χ1n) is 4.94. The lowest BCUT2D eigenvalue weighted by Gasteiger charge is -2.33. The Labute approximate surface area is 77.3 Å². The highest BCUT2D eigenvalue weighted by Crippen LogP contribution is 2.34. The van der Waals surface area contributed by atoms with Crippen molar-refractivity contribution in [3.05, 3.63) is 11.4 Å². The summed E-state index contributed by atoms with van der Waals surface area (Å²) in [7, 11) is 2.00. The van der Waals surface area contributed by atoms with Gasteiger partial charge in [-0.05, 0) is 25.3 Å². The summed E-state index contributed by atoms with van der Waals surface area (Å²) in [5.74, 6) is 1.43. The van der Waals surface area contributed by atoms with Gasteiger partial charge in [-0.15, -0.1) is 5.10 Å². The van der Waals surface area contributed by atoms with Crippen LogP contribution >= 0.6 is 0 Å². The third-order valence-corrected chi connectivity index (χ3v) is 3.28. The number of fused-ring (bicyclic) bond motifs is 4. The van der Waals surface area contributed by atoms with Gasteiger partial charge < -0.3 is 5.32 Å². The molecule has 4 nitrogen and oxygen atoms in total. The number of piperidine rings is 1. The van der Waals surface area contributed by atoms with Crippen LogP contribution in [0.2, 0.25) is 0 Å².